The molecule has 2 aliphatic rings. The molecule has 2 heterocycles. The van der Waals surface area contributed by atoms with Crippen LogP contribution in [-0.2, 0) is 0 Å². The quantitative estimate of drug-likeness (QED) is 0.932. The summed E-state index contributed by atoms with van der Waals surface area (Å²) >= 11 is 5.99. The lowest BCUT2D eigenvalue weighted by molar-refractivity contribution is 0.709. The monoisotopic (exact) mass is 314 g/mol. The highest BCUT2D eigenvalue weighted by Gasteiger charge is 2.30. The fraction of sp³-hybridized carbons (Fsp3) is 0.412. The van der Waals surface area contributed by atoms with Crippen molar-refractivity contribution < 1.29 is 0 Å². The van der Waals surface area contributed by atoms with E-state index in [0.29, 0.717) is 17.8 Å². The van der Waals surface area contributed by atoms with Gasteiger partial charge < -0.3 is 10.6 Å². The molecule has 0 amide bonds. The van der Waals surface area contributed by atoms with Gasteiger partial charge in [-0.15, -0.1) is 0 Å². The van der Waals surface area contributed by atoms with Gasteiger partial charge in [-0.05, 0) is 43.4 Å². The van der Waals surface area contributed by atoms with Crippen LogP contribution >= 0.6 is 11.6 Å². The van der Waals surface area contributed by atoms with Crippen molar-refractivity contribution in [2.24, 2.45) is 0 Å². The molecule has 1 unspecified atom stereocenters. The molecule has 2 N–H and O–H groups in total. The van der Waals surface area contributed by atoms with E-state index in [4.69, 9.17) is 17.3 Å². The zero-order valence-electron chi connectivity index (χ0n) is 12.4. The van der Waals surface area contributed by atoms with E-state index in [2.05, 4.69) is 27.0 Å². The third kappa shape index (κ3) is 2.52. The van der Waals surface area contributed by atoms with Crippen molar-refractivity contribution >= 4 is 23.2 Å². The second-order valence-corrected chi connectivity index (χ2v) is 6.61. The molecule has 5 heteroatoms. The molecule has 1 aliphatic heterocycles. The first-order valence-electron chi connectivity index (χ1n) is 7.87. The molecular formula is C17H19ClN4. The van der Waals surface area contributed by atoms with Gasteiger partial charge in [-0.1, -0.05) is 23.7 Å². The lowest BCUT2D eigenvalue weighted by atomic mass is 10.0. The Morgan fingerprint density at radius 3 is 2.59 bits per heavy atom. The Labute approximate surface area is 135 Å². The Hall–Kier alpha value is -1.81. The molecule has 1 atom stereocenters. The van der Waals surface area contributed by atoms with Crippen LogP contribution in [0.25, 0.3) is 0 Å². The number of nitrogens with zero attached hydrogens (tertiary/aromatic N) is 3. The maximum Gasteiger partial charge on any atom is 0.150 e. The summed E-state index contributed by atoms with van der Waals surface area (Å²) in [5.41, 5.74) is 8.37. The third-order valence-electron chi connectivity index (χ3n) is 4.58. The molecule has 0 spiro atoms. The molecule has 4 rings (SSSR count). The van der Waals surface area contributed by atoms with Crippen molar-refractivity contribution in [1.29, 1.82) is 0 Å². The summed E-state index contributed by atoms with van der Waals surface area (Å²) < 4.78 is 0. The van der Waals surface area contributed by atoms with Crippen LogP contribution < -0.4 is 10.6 Å². The van der Waals surface area contributed by atoms with E-state index in [-0.39, 0.29) is 0 Å². The second kappa shape index (κ2) is 5.43. The molecular weight excluding hydrogens is 296 g/mol. The van der Waals surface area contributed by atoms with Gasteiger partial charge >= 0.3 is 0 Å². The lowest BCUT2D eigenvalue weighted by Crippen LogP contribution is -2.24. The predicted molar refractivity (Wildman–Crippen MR) is 89.2 cm³/mol. The Morgan fingerprint density at radius 2 is 1.91 bits per heavy atom. The molecule has 114 valence electrons. The molecule has 0 radical (unpaired) electrons. The zero-order chi connectivity index (χ0) is 15.1. The summed E-state index contributed by atoms with van der Waals surface area (Å²) in [6, 6.07) is 8.42. The van der Waals surface area contributed by atoms with E-state index in [0.717, 1.165) is 35.9 Å². The molecule has 0 bridgehead atoms. The Balaban J connectivity index is 1.63. The lowest BCUT2D eigenvalue weighted by Gasteiger charge is -2.26. The number of rotatable bonds is 3. The van der Waals surface area contributed by atoms with Gasteiger partial charge in [0, 0.05) is 17.5 Å². The number of aromatic nitrogens is 2. The second-order valence-electron chi connectivity index (χ2n) is 6.18. The van der Waals surface area contributed by atoms with Gasteiger partial charge in [0.1, 0.15) is 11.6 Å². The number of hydrogen-bond acceptors (Lipinski definition) is 4. The zero-order valence-corrected chi connectivity index (χ0v) is 13.1. The maximum absolute atomic E-state index is 6.12. The molecule has 1 saturated carbocycles. The minimum absolute atomic E-state index is 0.331. The Bertz CT molecular complexity index is 682. The van der Waals surface area contributed by atoms with Crippen molar-refractivity contribution in [3.63, 3.8) is 0 Å². The van der Waals surface area contributed by atoms with Gasteiger partial charge in [-0.25, -0.2) is 4.98 Å². The summed E-state index contributed by atoms with van der Waals surface area (Å²) in [6.45, 7) is 0.990. The van der Waals surface area contributed by atoms with Gasteiger partial charge in [-0.3, -0.25) is 4.98 Å². The molecule has 1 saturated heterocycles. The third-order valence-corrected chi connectivity index (χ3v) is 4.83. The summed E-state index contributed by atoms with van der Waals surface area (Å²) in [5, 5.41) is 0.770. The van der Waals surface area contributed by atoms with Crippen molar-refractivity contribution in [2.45, 2.75) is 37.6 Å². The highest BCUT2D eigenvalue weighted by atomic mass is 35.5. The molecule has 2 aromatic rings. The number of nitrogens with two attached hydrogens (primary N) is 1. The fourth-order valence-corrected chi connectivity index (χ4v) is 3.41. The Kier molecular flexibility index (Phi) is 3.41. The van der Waals surface area contributed by atoms with Gasteiger partial charge in [0.2, 0.25) is 0 Å². The van der Waals surface area contributed by atoms with E-state index in [1.54, 1.807) is 0 Å². The SMILES string of the molecule is Nc1nc(N2CCCC2c2ccc(Cl)cc2)cnc1C1CC1. The first-order chi connectivity index (χ1) is 10.7. The molecule has 1 aromatic heterocycles. The Morgan fingerprint density at radius 1 is 1.14 bits per heavy atom. The average Bonchev–Trinajstić information content (AvgIpc) is 3.24. The molecule has 1 aliphatic carbocycles. The van der Waals surface area contributed by atoms with E-state index < -0.39 is 0 Å². The van der Waals surface area contributed by atoms with Crippen LogP contribution in [0, 0.1) is 0 Å². The number of halogens is 1. The minimum Gasteiger partial charge on any atom is -0.382 e. The standard InChI is InChI=1S/C17H19ClN4/c18-13-7-5-11(6-8-13)14-2-1-9-22(14)15-10-20-16(12-3-4-12)17(19)21-15/h5-8,10,12,14H,1-4,9H2,(H2,19,21). The molecule has 1 aromatic carbocycles. The molecule has 22 heavy (non-hydrogen) atoms. The summed E-state index contributed by atoms with van der Waals surface area (Å²) in [4.78, 5) is 11.5. The van der Waals surface area contributed by atoms with Crippen LogP contribution in [0.4, 0.5) is 11.6 Å². The van der Waals surface area contributed by atoms with Crippen LogP contribution in [0.3, 0.4) is 0 Å². The van der Waals surface area contributed by atoms with Crippen molar-refractivity contribution in [3.8, 4) is 0 Å². The first-order valence-corrected chi connectivity index (χ1v) is 8.24. The van der Waals surface area contributed by atoms with Gasteiger partial charge in [0.15, 0.2) is 0 Å². The largest absolute Gasteiger partial charge is 0.382 e. The predicted octanol–water partition coefficient (Wildman–Crippen LogP) is 3.93. The summed E-state index contributed by atoms with van der Waals surface area (Å²) in [5.74, 6) is 2.02. The van der Waals surface area contributed by atoms with Gasteiger partial charge in [-0.2, -0.15) is 0 Å². The highest BCUT2D eigenvalue weighted by molar-refractivity contribution is 6.30. The average molecular weight is 315 g/mol. The van der Waals surface area contributed by atoms with E-state index in [1.807, 2.05) is 18.3 Å². The minimum atomic E-state index is 0.331. The van der Waals surface area contributed by atoms with E-state index in [1.165, 1.54) is 18.4 Å². The molecule has 2 fully saturated rings. The van der Waals surface area contributed by atoms with E-state index in [9.17, 15) is 0 Å². The topological polar surface area (TPSA) is 55.0 Å². The van der Waals surface area contributed by atoms with Gasteiger partial charge in [0.25, 0.3) is 0 Å². The molecule has 4 nitrogen and oxygen atoms in total. The normalized spacial score (nSPS) is 21.3. The first kappa shape index (κ1) is 13.8. The van der Waals surface area contributed by atoms with Crippen LogP contribution in [0.5, 0.6) is 0 Å². The highest BCUT2D eigenvalue weighted by Crippen LogP contribution is 2.42. The van der Waals surface area contributed by atoms with E-state index >= 15 is 0 Å². The maximum atomic E-state index is 6.12. The number of anilines is 2. The van der Waals surface area contributed by atoms with Gasteiger partial charge in [0.05, 0.1) is 17.9 Å². The summed E-state index contributed by atoms with van der Waals surface area (Å²) in [6.07, 6.45) is 6.54. The number of nitrogen functional groups attached to an aromatic ring is 1. The van der Waals surface area contributed by atoms with Crippen LogP contribution in [0.15, 0.2) is 30.5 Å². The van der Waals surface area contributed by atoms with Crippen molar-refractivity contribution in [3.05, 3.63) is 46.7 Å². The number of benzene rings is 1. The van der Waals surface area contributed by atoms with Crippen molar-refractivity contribution in [2.75, 3.05) is 17.2 Å². The van der Waals surface area contributed by atoms with Crippen molar-refractivity contribution in [1.82, 2.24) is 9.97 Å². The van der Waals surface area contributed by atoms with Crippen LogP contribution in [0.2, 0.25) is 5.02 Å². The number of hydrogen-bond donors (Lipinski definition) is 1. The smallest absolute Gasteiger partial charge is 0.150 e. The summed E-state index contributed by atoms with van der Waals surface area (Å²) in [7, 11) is 0. The fourth-order valence-electron chi connectivity index (χ4n) is 3.29. The van der Waals surface area contributed by atoms with Crippen LogP contribution in [-0.4, -0.2) is 16.5 Å². The van der Waals surface area contributed by atoms with Crippen LogP contribution in [0.1, 0.15) is 48.9 Å².